The summed E-state index contributed by atoms with van der Waals surface area (Å²) in [4.78, 5) is 37.3. The molecule has 1 aliphatic heterocycles. The summed E-state index contributed by atoms with van der Waals surface area (Å²) in [5.74, 6) is -2.16. The molecule has 3 aromatic rings. The fraction of sp³-hybridized carbons (Fsp3) is 0.188. The van der Waals surface area contributed by atoms with Gasteiger partial charge in [-0.15, -0.1) is 0 Å². The number of carbonyl (C=O) groups is 2. The summed E-state index contributed by atoms with van der Waals surface area (Å²) in [5, 5.41) is 14.5. The average Bonchev–Trinajstić information content (AvgIpc) is 2.97. The Balaban J connectivity index is 1.61. The molecule has 1 heterocycles. The minimum Gasteiger partial charge on any atom is -0.466 e. The molecule has 1 atom stereocenters. The molecule has 0 saturated heterocycles. The lowest BCUT2D eigenvalue weighted by Gasteiger charge is -2.30. The van der Waals surface area contributed by atoms with Gasteiger partial charge in [-0.3, -0.25) is 10.1 Å². The molecule has 1 N–H and O–H groups in total. The Morgan fingerprint density at radius 1 is 0.875 bits per heavy atom. The van der Waals surface area contributed by atoms with E-state index in [0.717, 1.165) is 16.7 Å². The minimum absolute atomic E-state index is 0.0939. The smallest absolute Gasteiger partial charge is 0.336 e. The molecule has 0 bridgehead atoms. The van der Waals surface area contributed by atoms with E-state index in [1.807, 2.05) is 66.7 Å². The van der Waals surface area contributed by atoms with Gasteiger partial charge in [0.05, 0.1) is 35.7 Å². The molecule has 3 aromatic carbocycles. The topological polar surface area (TPSA) is 108 Å². The van der Waals surface area contributed by atoms with E-state index in [2.05, 4.69) is 5.32 Å². The van der Waals surface area contributed by atoms with Crippen molar-refractivity contribution in [3.05, 3.63) is 140 Å². The first-order valence-corrected chi connectivity index (χ1v) is 12.8. The predicted molar refractivity (Wildman–Crippen MR) is 152 cm³/mol. The van der Waals surface area contributed by atoms with Gasteiger partial charge in [0.1, 0.15) is 0 Å². The minimum atomic E-state index is -0.902. The molecule has 0 fully saturated rings. The number of hydrogen-bond acceptors (Lipinski definition) is 7. The number of ether oxygens (including phenoxy) is 2. The van der Waals surface area contributed by atoms with Crippen molar-refractivity contribution in [1.29, 1.82) is 0 Å². The molecular weight excluding hydrogens is 508 g/mol. The third-order valence-electron chi connectivity index (χ3n) is 6.67. The fourth-order valence-electron chi connectivity index (χ4n) is 4.87. The third kappa shape index (κ3) is 6.18. The lowest BCUT2D eigenvalue weighted by atomic mass is 9.80. The zero-order chi connectivity index (χ0) is 28.6. The van der Waals surface area contributed by atoms with Gasteiger partial charge < -0.3 is 14.8 Å². The molecule has 0 aliphatic carbocycles. The van der Waals surface area contributed by atoms with E-state index in [9.17, 15) is 19.7 Å². The molecule has 0 spiro atoms. The highest BCUT2D eigenvalue weighted by molar-refractivity contribution is 6.00. The van der Waals surface area contributed by atoms with Gasteiger partial charge in [0.2, 0.25) is 0 Å². The fourth-order valence-corrected chi connectivity index (χ4v) is 4.87. The molecule has 4 rings (SSSR count). The Morgan fingerprint density at radius 3 is 2.00 bits per heavy atom. The first-order chi connectivity index (χ1) is 19.3. The Labute approximate surface area is 232 Å². The molecule has 0 aromatic heterocycles. The van der Waals surface area contributed by atoms with Gasteiger partial charge >= 0.3 is 11.9 Å². The number of nitro groups is 1. The van der Waals surface area contributed by atoms with Crippen LogP contribution in [-0.2, 0) is 19.1 Å². The number of rotatable bonds is 9. The Kier molecular flexibility index (Phi) is 8.91. The van der Waals surface area contributed by atoms with Crippen molar-refractivity contribution in [1.82, 2.24) is 5.32 Å². The predicted octanol–water partition coefficient (Wildman–Crippen LogP) is 6.07. The molecule has 1 unspecified atom stereocenters. The first kappa shape index (κ1) is 28.0. The summed E-state index contributed by atoms with van der Waals surface area (Å²) in [6, 6.07) is 25.8. The molecule has 204 valence electrons. The number of hydrogen-bond donors (Lipinski definition) is 1. The van der Waals surface area contributed by atoms with Crippen LogP contribution in [0.1, 0.15) is 42.9 Å². The van der Waals surface area contributed by atoms with E-state index < -0.39 is 22.8 Å². The SMILES string of the molecule is COC(=O)C1=C(C)NC(C)=C(C(=O)OCCC=C(c2ccccc2)c2ccccc2)C1c1cccc([N+](=O)[O-])c1. The van der Waals surface area contributed by atoms with Crippen molar-refractivity contribution in [2.24, 2.45) is 0 Å². The first-order valence-electron chi connectivity index (χ1n) is 12.8. The maximum Gasteiger partial charge on any atom is 0.336 e. The van der Waals surface area contributed by atoms with Crippen LogP contribution in [0.3, 0.4) is 0 Å². The lowest BCUT2D eigenvalue weighted by molar-refractivity contribution is -0.384. The Morgan fingerprint density at radius 2 is 1.45 bits per heavy atom. The number of non-ortho nitro benzene ring substituents is 1. The van der Waals surface area contributed by atoms with Crippen LogP contribution in [0.2, 0.25) is 0 Å². The summed E-state index contributed by atoms with van der Waals surface area (Å²) in [6.07, 6.45) is 2.48. The van der Waals surface area contributed by atoms with E-state index in [1.54, 1.807) is 19.9 Å². The van der Waals surface area contributed by atoms with Crippen LogP contribution in [0, 0.1) is 10.1 Å². The number of allylic oxidation sites excluding steroid dienone is 2. The molecule has 0 amide bonds. The van der Waals surface area contributed by atoms with Gasteiger partial charge in [-0.25, -0.2) is 9.59 Å². The summed E-state index contributed by atoms with van der Waals surface area (Å²) in [6.45, 7) is 3.50. The van der Waals surface area contributed by atoms with Crippen molar-refractivity contribution in [3.63, 3.8) is 0 Å². The highest BCUT2D eigenvalue weighted by Gasteiger charge is 2.38. The molecule has 1 aliphatic rings. The maximum atomic E-state index is 13.5. The number of nitro benzene ring substituents is 1. The van der Waals surface area contributed by atoms with E-state index in [4.69, 9.17) is 9.47 Å². The normalized spacial score (nSPS) is 14.7. The number of carbonyl (C=O) groups excluding carboxylic acids is 2. The largest absolute Gasteiger partial charge is 0.466 e. The molecule has 8 nitrogen and oxygen atoms in total. The number of benzene rings is 3. The third-order valence-corrected chi connectivity index (χ3v) is 6.67. The van der Waals surface area contributed by atoms with Gasteiger partial charge in [0.15, 0.2) is 0 Å². The maximum absolute atomic E-state index is 13.5. The van der Waals surface area contributed by atoms with E-state index in [-0.39, 0.29) is 23.4 Å². The number of methoxy groups -OCH3 is 1. The second-order valence-electron chi connectivity index (χ2n) is 9.25. The second kappa shape index (κ2) is 12.7. The second-order valence-corrected chi connectivity index (χ2v) is 9.25. The quantitative estimate of drug-likeness (QED) is 0.153. The van der Waals surface area contributed by atoms with E-state index >= 15 is 0 Å². The van der Waals surface area contributed by atoms with Gasteiger partial charge in [0.25, 0.3) is 5.69 Å². The van der Waals surface area contributed by atoms with Gasteiger partial charge in [-0.2, -0.15) is 0 Å². The van der Waals surface area contributed by atoms with E-state index in [0.29, 0.717) is 23.4 Å². The van der Waals surface area contributed by atoms with Crippen LogP contribution in [0.4, 0.5) is 5.69 Å². The van der Waals surface area contributed by atoms with Crippen molar-refractivity contribution in [2.75, 3.05) is 13.7 Å². The van der Waals surface area contributed by atoms with Crippen LogP contribution in [0.5, 0.6) is 0 Å². The Bertz CT molecular complexity index is 1470. The van der Waals surface area contributed by atoms with Crippen LogP contribution >= 0.6 is 0 Å². The van der Waals surface area contributed by atoms with Crippen molar-refractivity contribution >= 4 is 23.2 Å². The zero-order valence-electron chi connectivity index (χ0n) is 22.5. The highest BCUT2D eigenvalue weighted by atomic mass is 16.6. The molecule has 0 saturated carbocycles. The number of nitrogens with one attached hydrogen (secondary N) is 1. The van der Waals surface area contributed by atoms with Gasteiger partial charge in [0, 0.05) is 29.9 Å². The van der Waals surface area contributed by atoms with Crippen LogP contribution in [-0.4, -0.2) is 30.6 Å². The highest BCUT2D eigenvalue weighted by Crippen LogP contribution is 2.40. The summed E-state index contributed by atoms with van der Waals surface area (Å²) < 4.78 is 10.7. The van der Waals surface area contributed by atoms with Crippen LogP contribution in [0.15, 0.2) is 114 Å². The molecule has 8 heteroatoms. The molecule has 40 heavy (non-hydrogen) atoms. The van der Waals surface area contributed by atoms with Crippen molar-refractivity contribution in [3.8, 4) is 0 Å². The number of dihydropyridines is 1. The van der Waals surface area contributed by atoms with Crippen LogP contribution in [0.25, 0.3) is 5.57 Å². The van der Waals surface area contributed by atoms with Gasteiger partial charge in [-0.05, 0) is 36.1 Å². The standard InChI is InChI=1S/C32H30N2O6/c1-21-28(31(35)39-3)30(25-16-10-17-26(20-25)34(37)38)29(22(2)33-21)32(36)40-19-11-18-27(23-12-6-4-7-13-23)24-14-8-5-9-15-24/h4-10,12-18,20,30,33H,11,19H2,1-3H3. The number of esters is 2. The summed E-state index contributed by atoms with van der Waals surface area (Å²) in [7, 11) is 1.25. The molecule has 0 radical (unpaired) electrons. The molecular formula is C32H30N2O6. The zero-order valence-corrected chi connectivity index (χ0v) is 22.5. The van der Waals surface area contributed by atoms with E-state index in [1.165, 1.54) is 25.3 Å². The Hall–Kier alpha value is -4.98. The number of nitrogens with zero attached hydrogens (tertiary/aromatic N) is 1. The lowest BCUT2D eigenvalue weighted by Crippen LogP contribution is -2.32. The van der Waals surface area contributed by atoms with Crippen molar-refractivity contribution in [2.45, 2.75) is 26.2 Å². The van der Waals surface area contributed by atoms with Crippen molar-refractivity contribution < 1.29 is 24.0 Å². The summed E-state index contributed by atoms with van der Waals surface area (Å²) >= 11 is 0. The summed E-state index contributed by atoms with van der Waals surface area (Å²) in [5.41, 5.74) is 4.76. The van der Waals surface area contributed by atoms with Crippen LogP contribution < -0.4 is 5.32 Å². The van der Waals surface area contributed by atoms with Gasteiger partial charge in [-0.1, -0.05) is 78.9 Å². The average molecular weight is 539 g/mol. The monoisotopic (exact) mass is 538 g/mol.